The van der Waals surface area contributed by atoms with Crippen LogP contribution in [0.3, 0.4) is 0 Å². The highest BCUT2D eigenvalue weighted by atomic mass is 32.2. The predicted octanol–water partition coefficient (Wildman–Crippen LogP) is 4.63. The Kier molecular flexibility index (Phi) is 8.39. The molecule has 0 aliphatic rings. The molecule has 42 heavy (non-hydrogen) atoms. The van der Waals surface area contributed by atoms with E-state index in [1.54, 1.807) is 24.3 Å². The largest absolute Gasteiger partial charge is 0.478 e. The van der Waals surface area contributed by atoms with Crippen molar-refractivity contribution >= 4 is 39.3 Å². The third-order valence-corrected chi connectivity index (χ3v) is 7.90. The van der Waals surface area contributed by atoms with Crippen LogP contribution in [0.5, 0.6) is 11.5 Å². The third-order valence-electron chi connectivity index (χ3n) is 6.15. The second-order valence-corrected chi connectivity index (χ2v) is 11.0. The zero-order valence-corrected chi connectivity index (χ0v) is 23.1. The first-order valence-electron chi connectivity index (χ1n) is 12.3. The van der Waals surface area contributed by atoms with Crippen LogP contribution in [0.15, 0.2) is 94.7 Å². The van der Waals surface area contributed by atoms with Crippen LogP contribution in [-0.4, -0.2) is 49.4 Å². The Morgan fingerprint density at radius 2 is 1.10 bits per heavy atom. The molecular formula is C30H24N2O9S. The molecule has 4 N–H and O–H groups in total. The fourth-order valence-corrected chi connectivity index (χ4v) is 5.26. The van der Waals surface area contributed by atoms with Gasteiger partial charge in [0, 0.05) is 12.7 Å². The van der Waals surface area contributed by atoms with Crippen molar-refractivity contribution in [1.29, 1.82) is 0 Å². The number of ether oxygens (including phenoxy) is 1. The lowest BCUT2D eigenvalue weighted by Crippen LogP contribution is -2.22. The summed E-state index contributed by atoms with van der Waals surface area (Å²) in [5.74, 6) is -3.50. The molecule has 4 aromatic carbocycles. The number of sulfone groups is 1. The molecule has 12 heteroatoms. The van der Waals surface area contributed by atoms with Crippen LogP contribution in [0, 0.1) is 6.92 Å². The molecule has 0 fully saturated rings. The van der Waals surface area contributed by atoms with E-state index in [4.69, 9.17) is 4.74 Å². The minimum absolute atomic E-state index is 0.292. The van der Waals surface area contributed by atoms with Gasteiger partial charge in [0.05, 0.1) is 32.0 Å². The number of nitrogens with one attached hydrogen (secondary N) is 2. The molecule has 4 rings (SSSR count). The molecular weight excluding hydrogens is 564 g/mol. The van der Waals surface area contributed by atoms with Crippen molar-refractivity contribution in [2.24, 2.45) is 0 Å². The van der Waals surface area contributed by atoms with E-state index >= 15 is 0 Å². The summed E-state index contributed by atoms with van der Waals surface area (Å²) in [7, 11) is -3.16. The zero-order valence-electron chi connectivity index (χ0n) is 22.2. The van der Waals surface area contributed by atoms with Gasteiger partial charge in [-0.3, -0.25) is 9.59 Å². The topological polar surface area (TPSA) is 176 Å². The minimum Gasteiger partial charge on any atom is -0.478 e. The maximum Gasteiger partial charge on any atom is 0.336 e. The van der Waals surface area contributed by atoms with Gasteiger partial charge in [0.2, 0.25) is 9.84 Å². The molecule has 0 saturated heterocycles. The van der Waals surface area contributed by atoms with E-state index in [0.717, 1.165) is 42.0 Å². The lowest BCUT2D eigenvalue weighted by Gasteiger charge is -2.13. The predicted molar refractivity (Wildman–Crippen MR) is 151 cm³/mol. The summed E-state index contributed by atoms with van der Waals surface area (Å²) in [5.41, 5.74) is -0.316. The molecule has 0 aliphatic heterocycles. The van der Waals surface area contributed by atoms with Gasteiger partial charge in [-0.15, -0.1) is 0 Å². The smallest absolute Gasteiger partial charge is 0.336 e. The molecule has 0 radical (unpaired) electrons. The molecule has 0 aromatic heterocycles. The summed E-state index contributed by atoms with van der Waals surface area (Å²) >= 11 is 0. The van der Waals surface area contributed by atoms with Gasteiger partial charge in [0.1, 0.15) is 11.5 Å². The maximum atomic E-state index is 13.4. The van der Waals surface area contributed by atoms with E-state index in [1.165, 1.54) is 19.2 Å². The quantitative estimate of drug-likeness (QED) is 0.217. The van der Waals surface area contributed by atoms with Crippen LogP contribution >= 0.6 is 0 Å². The van der Waals surface area contributed by atoms with Crippen molar-refractivity contribution in [1.82, 2.24) is 5.32 Å². The lowest BCUT2D eigenvalue weighted by atomic mass is 10.1. The van der Waals surface area contributed by atoms with Crippen LogP contribution < -0.4 is 15.4 Å². The van der Waals surface area contributed by atoms with Crippen molar-refractivity contribution in [3.8, 4) is 11.5 Å². The monoisotopic (exact) mass is 588 g/mol. The van der Waals surface area contributed by atoms with E-state index in [1.807, 2.05) is 19.1 Å². The molecule has 2 amide bonds. The fourth-order valence-electron chi connectivity index (χ4n) is 3.95. The molecule has 0 saturated carbocycles. The first-order valence-corrected chi connectivity index (χ1v) is 13.8. The first-order chi connectivity index (χ1) is 19.9. The van der Waals surface area contributed by atoms with Crippen molar-refractivity contribution in [3.63, 3.8) is 0 Å². The summed E-state index contributed by atoms with van der Waals surface area (Å²) in [6.45, 7) is 1.95. The van der Waals surface area contributed by atoms with Crippen molar-refractivity contribution in [3.05, 3.63) is 113 Å². The van der Waals surface area contributed by atoms with E-state index < -0.39 is 60.1 Å². The Labute approximate surface area is 240 Å². The highest BCUT2D eigenvalue weighted by molar-refractivity contribution is 7.91. The van der Waals surface area contributed by atoms with Crippen molar-refractivity contribution < 1.29 is 42.5 Å². The maximum absolute atomic E-state index is 13.4. The van der Waals surface area contributed by atoms with Gasteiger partial charge in [-0.2, -0.15) is 0 Å². The Hall–Kier alpha value is -5.49. The zero-order chi connectivity index (χ0) is 30.6. The normalized spacial score (nSPS) is 10.9. The molecule has 11 nitrogen and oxygen atoms in total. The number of hydrogen-bond acceptors (Lipinski definition) is 7. The van der Waals surface area contributed by atoms with E-state index in [2.05, 4.69) is 10.6 Å². The Balaban J connectivity index is 1.64. The summed E-state index contributed by atoms with van der Waals surface area (Å²) in [6.07, 6.45) is 0. The lowest BCUT2D eigenvalue weighted by molar-refractivity contribution is 0.0683. The number of hydrogen-bond donors (Lipinski definition) is 4. The summed E-state index contributed by atoms with van der Waals surface area (Å²) in [4.78, 5) is 47.9. The van der Waals surface area contributed by atoms with E-state index in [-0.39, 0.29) is 5.56 Å². The van der Waals surface area contributed by atoms with E-state index in [9.17, 15) is 37.8 Å². The SMILES string of the molecule is CNC(=O)c1cc(S(=O)(=O)c2ccc(C(=O)O)c(C(=O)Nc3ccc(Oc4ccc(C)cc4)cc3)c2)ccc1C(=O)O. The number of carbonyl (C=O) groups is 4. The van der Waals surface area contributed by atoms with Gasteiger partial charge in [-0.05, 0) is 79.7 Å². The third kappa shape index (κ3) is 6.29. The first kappa shape index (κ1) is 29.5. The minimum atomic E-state index is -4.42. The van der Waals surface area contributed by atoms with Crippen molar-refractivity contribution in [2.75, 3.05) is 12.4 Å². The number of aromatic carboxylic acids is 2. The Morgan fingerprint density at radius 3 is 1.55 bits per heavy atom. The highest BCUT2D eigenvalue weighted by Crippen LogP contribution is 2.27. The number of aryl methyl sites for hydroxylation is 1. The molecule has 0 atom stereocenters. The van der Waals surface area contributed by atoms with Crippen molar-refractivity contribution in [2.45, 2.75) is 16.7 Å². The number of carboxylic acids is 2. The fraction of sp³-hybridized carbons (Fsp3) is 0.0667. The average Bonchev–Trinajstić information content (AvgIpc) is 2.98. The number of benzene rings is 4. The summed E-state index contributed by atoms with van der Waals surface area (Å²) < 4.78 is 32.6. The standard InChI is InChI=1S/C30H24N2O9S/c1-17-3-7-19(8-4-17)41-20-9-5-18(6-10-20)32-28(34)26-16-22(12-14-24(26)30(37)38)42(39,40)21-11-13-23(29(35)36)25(15-21)27(33)31-2/h3-16H,1-2H3,(H,31,33)(H,32,34)(H,35,36)(H,37,38). The second-order valence-electron chi connectivity index (χ2n) is 9.00. The highest BCUT2D eigenvalue weighted by Gasteiger charge is 2.26. The molecule has 0 heterocycles. The van der Waals surface area contributed by atoms with Crippen LogP contribution in [0.1, 0.15) is 47.0 Å². The van der Waals surface area contributed by atoms with Crippen LogP contribution in [-0.2, 0) is 9.84 Å². The summed E-state index contributed by atoms with van der Waals surface area (Å²) in [6, 6.07) is 19.5. The number of amides is 2. The Morgan fingerprint density at radius 1 is 0.643 bits per heavy atom. The molecule has 4 aromatic rings. The van der Waals surface area contributed by atoms with Crippen LogP contribution in [0.25, 0.3) is 0 Å². The molecule has 0 spiro atoms. The van der Waals surface area contributed by atoms with Crippen LogP contribution in [0.2, 0.25) is 0 Å². The van der Waals surface area contributed by atoms with Gasteiger partial charge in [0.25, 0.3) is 11.8 Å². The number of rotatable bonds is 9. The number of anilines is 1. The molecule has 214 valence electrons. The second kappa shape index (κ2) is 11.9. The van der Waals surface area contributed by atoms with E-state index in [0.29, 0.717) is 17.2 Å². The average molecular weight is 589 g/mol. The number of carboxylic acid groups (broad SMARTS) is 2. The van der Waals surface area contributed by atoms with Gasteiger partial charge in [-0.25, -0.2) is 18.0 Å². The molecule has 0 unspecified atom stereocenters. The van der Waals surface area contributed by atoms with Gasteiger partial charge in [0.15, 0.2) is 0 Å². The molecule has 0 aliphatic carbocycles. The number of carbonyl (C=O) groups excluding carboxylic acids is 2. The Bertz CT molecular complexity index is 1810. The van der Waals surface area contributed by atoms with Crippen LogP contribution in [0.4, 0.5) is 5.69 Å². The molecule has 0 bridgehead atoms. The van der Waals surface area contributed by atoms with Gasteiger partial charge >= 0.3 is 11.9 Å². The van der Waals surface area contributed by atoms with Gasteiger partial charge < -0.3 is 25.6 Å². The summed E-state index contributed by atoms with van der Waals surface area (Å²) in [5, 5.41) is 23.8. The van der Waals surface area contributed by atoms with Gasteiger partial charge in [-0.1, -0.05) is 17.7 Å².